The first-order valence-corrected chi connectivity index (χ1v) is 6.06. The molecule has 0 unspecified atom stereocenters. The van der Waals surface area contributed by atoms with E-state index in [0.717, 1.165) is 0 Å². The van der Waals surface area contributed by atoms with Crippen molar-refractivity contribution < 1.29 is 32.7 Å². The highest BCUT2D eigenvalue weighted by atomic mass is 19.4. The number of nitrogens with one attached hydrogen (secondary N) is 2. The normalized spacial score (nSPS) is 10.9. The quantitative estimate of drug-likeness (QED) is 0.720. The Bertz CT molecular complexity index is 599. The van der Waals surface area contributed by atoms with Crippen LogP contribution in [0.2, 0.25) is 0 Å². The second-order valence-corrected chi connectivity index (χ2v) is 4.45. The molecule has 1 rings (SSSR count). The number of alkyl halides is 3. The van der Waals surface area contributed by atoms with Crippen LogP contribution in [0.3, 0.4) is 0 Å². The molecule has 0 spiro atoms. The molecule has 120 valence electrons. The Morgan fingerprint density at radius 1 is 1.18 bits per heavy atom. The van der Waals surface area contributed by atoms with Crippen LogP contribution in [-0.4, -0.2) is 35.6 Å². The van der Waals surface area contributed by atoms with E-state index in [1.807, 2.05) is 0 Å². The topological polar surface area (TPSA) is 95.5 Å². The lowest BCUT2D eigenvalue weighted by Gasteiger charge is -2.09. The fourth-order valence-corrected chi connectivity index (χ4v) is 1.59. The zero-order valence-corrected chi connectivity index (χ0v) is 11.5. The molecule has 0 atom stereocenters. The Morgan fingerprint density at radius 2 is 1.82 bits per heavy atom. The van der Waals surface area contributed by atoms with Crippen LogP contribution in [0.5, 0.6) is 0 Å². The minimum atomic E-state index is -4.55. The van der Waals surface area contributed by atoms with E-state index in [4.69, 9.17) is 5.11 Å². The molecule has 0 radical (unpaired) electrons. The Morgan fingerprint density at radius 3 is 2.32 bits per heavy atom. The minimum Gasteiger partial charge on any atom is -0.478 e. The monoisotopic (exact) mass is 318 g/mol. The first-order chi connectivity index (χ1) is 10.1. The van der Waals surface area contributed by atoms with Crippen molar-refractivity contribution >= 4 is 23.5 Å². The molecule has 0 saturated heterocycles. The number of rotatable bonds is 5. The average Bonchev–Trinajstić information content (AvgIpc) is 2.35. The van der Waals surface area contributed by atoms with Crippen LogP contribution in [0.15, 0.2) is 18.2 Å². The van der Waals surface area contributed by atoms with Gasteiger partial charge in [-0.1, -0.05) is 0 Å². The van der Waals surface area contributed by atoms with Crippen LogP contribution in [0.1, 0.15) is 22.3 Å². The fourth-order valence-electron chi connectivity index (χ4n) is 1.59. The number of carbonyl (C=O) groups excluding carboxylic acids is 2. The van der Waals surface area contributed by atoms with E-state index in [1.54, 1.807) is 5.32 Å². The molecule has 0 aliphatic rings. The van der Waals surface area contributed by atoms with Crippen LogP contribution >= 0.6 is 0 Å². The Balaban J connectivity index is 2.57. The van der Waals surface area contributed by atoms with Gasteiger partial charge in [-0.2, -0.15) is 13.2 Å². The zero-order valence-electron chi connectivity index (χ0n) is 11.5. The van der Waals surface area contributed by atoms with Crippen molar-refractivity contribution in [1.82, 2.24) is 5.32 Å². The van der Waals surface area contributed by atoms with Gasteiger partial charge in [0.15, 0.2) is 0 Å². The van der Waals surface area contributed by atoms with Gasteiger partial charge in [-0.05, 0) is 30.7 Å². The van der Waals surface area contributed by atoms with Crippen LogP contribution in [0.25, 0.3) is 0 Å². The van der Waals surface area contributed by atoms with Gasteiger partial charge in [-0.3, -0.25) is 9.59 Å². The molecule has 0 aliphatic heterocycles. The summed E-state index contributed by atoms with van der Waals surface area (Å²) in [6.45, 7) is 0.0146. The molecule has 0 bridgehead atoms. The molecule has 3 N–H and O–H groups in total. The van der Waals surface area contributed by atoms with Crippen LogP contribution < -0.4 is 10.6 Å². The smallest absolute Gasteiger partial charge is 0.405 e. The summed E-state index contributed by atoms with van der Waals surface area (Å²) in [7, 11) is 0. The average molecular weight is 318 g/mol. The van der Waals surface area contributed by atoms with E-state index in [0.29, 0.717) is 5.56 Å². The molecule has 22 heavy (non-hydrogen) atoms. The summed E-state index contributed by atoms with van der Waals surface area (Å²) in [6, 6.07) is 3.98. The largest absolute Gasteiger partial charge is 0.478 e. The first kappa shape index (κ1) is 17.5. The Kier molecular flexibility index (Phi) is 5.50. The maximum absolute atomic E-state index is 11.9. The Hall–Kier alpha value is -2.58. The lowest BCUT2D eigenvalue weighted by molar-refractivity contribution is -0.140. The number of aryl methyl sites for hydroxylation is 1. The van der Waals surface area contributed by atoms with E-state index in [-0.39, 0.29) is 11.3 Å². The zero-order chi connectivity index (χ0) is 16.9. The predicted octanol–water partition coefficient (Wildman–Crippen LogP) is 1.70. The van der Waals surface area contributed by atoms with Gasteiger partial charge in [0.25, 0.3) is 0 Å². The van der Waals surface area contributed by atoms with E-state index in [2.05, 4.69) is 5.32 Å². The van der Waals surface area contributed by atoms with Crippen LogP contribution in [-0.2, 0) is 9.59 Å². The Labute approximate surface area is 123 Å². The second-order valence-electron chi connectivity index (χ2n) is 4.45. The van der Waals surface area contributed by atoms with Gasteiger partial charge in [0, 0.05) is 5.69 Å². The molecule has 0 fully saturated rings. The molecular formula is C13H13F3N2O4. The molecule has 0 aliphatic carbocycles. The van der Waals surface area contributed by atoms with Gasteiger partial charge in [0.1, 0.15) is 13.0 Å². The molecule has 0 saturated carbocycles. The lowest BCUT2D eigenvalue weighted by atomic mass is 10.1. The van der Waals surface area contributed by atoms with Crippen LogP contribution in [0, 0.1) is 6.92 Å². The standard InChI is InChI=1S/C13H13F3N2O4/c1-7-4-8(2-3-9(7)12(21)22)18-11(20)5-10(19)17-6-13(14,15)16/h2-4H,5-6H2,1H3,(H,17,19)(H,18,20)(H,21,22). The predicted molar refractivity (Wildman–Crippen MR) is 70.4 cm³/mol. The van der Waals surface area contributed by atoms with Crippen molar-refractivity contribution in [3.8, 4) is 0 Å². The maximum atomic E-state index is 11.9. The highest BCUT2D eigenvalue weighted by molar-refractivity contribution is 6.03. The van der Waals surface area contributed by atoms with Crippen LogP contribution in [0.4, 0.5) is 18.9 Å². The van der Waals surface area contributed by atoms with E-state index in [1.165, 1.54) is 25.1 Å². The molecule has 2 amide bonds. The van der Waals surface area contributed by atoms with Crippen molar-refractivity contribution in [2.75, 3.05) is 11.9 Å². The van der Waals surface area contributed by atoms with E-state index in [9.17, 15) is 27.6 Å². The van der Waals surface area contributed by atoms with Gasteiger partial charge >= 0.3 is 12.1 Å². The van der Waals surface area contributed by atoms with Crippen molar-refractivity contribution in [3.63, 3.8) is 0 Å². The molecule has 0 aromatic heterocycles. The SMILES string of the molecule is Cc1cc(NC(=O)CC(=O)NCC(F)(F)F)ccc1C(=O)O. The summed E-state index contributed by atoms with van der Waals surface area (Å²) < 4.78 is 35.7. The van der Waals surface area contributed by atoms with Gasteiger partial charge < -0.3 is 15.7 Å². The number of anilines is 1. The molecule has 6 nitrogen and oxygen atoms in total. The molecular weight excluding hydrogens is 305 g/mol. The van der Waals surface area contributed by atoms with Crippen molar-refractivity contribution in [2.45, 2.75) is 19.5 Å². The number of hydrogen-bond acceptors (Lipinski definition) is 3. The number of aromatic carboxylic acids is 1. The number of carboxylic acid groups (broad SMARTS) is 1. The third-order valence-electron chi connectivity index (χ3n) is 2.55. The minimum absolute atomic E-state index is 0.0564. The number of carboxylic acids is 1. The summed E-state index contributed by atoms with van der Waals surface area (Å²) >= 11 is 0. The third kappa shape index (κ3) is 5.81. The fraction of sp³-hybridized carbons (Fsp3) is 0.308. The van der Waals surface area contributed by atoms with Crippen molar-refractivity contribution in [2.24, 2.45) is 0 Å². The summed E-state index contributed by atoms with van der Waals surface area (Å²) in [5.41, 5.74) is 0.698. The number of amides is 2. The number of halogens is 3. The molecule has 1 aromatic carbocycles. The van der Waals surface area contributed by atoms with Gasteiger partial charge in [0.2, 0.25) is 11.8 Å². The summed E-state index contributed by atoms with van der Waals surface area (Å²) in [6.07, 6.45) is -5.31. The maximum Gasteiger partial charge on any atom is 0.405 e. The summed E-state index contributed by atoms with van der Waals surface area (Å²) in [5, 5.41) is 12.7. The molecule has 9 heteroatoms. The molecule has 0 heterocycles. The molecule has 1 aromatic rings. The van der Waals surface area contributed by atoms with E-state index >= 15 is 0 Å². The summed E-state index contributed by atoms with van der Waals surface area (Å²) in [4.78, 5) is 33.5. The van der Waals surface area contributed by atoms with Gasteiger partial charge in [0.05, 0.1) is 5.56 Å². The lowest BCUT2D eigenvalue weighted by Crippen LogP contribution is -2.35. The first-order valence-electron chi connectivity index (χ1n) is 6.06. The highest BCUT2D eigenvalue weighted by Crippen LogP contribution is 2.15. The highest BCUT2D eigenvalue weighted by Gasteiger charge is 2.28. The van der Waals surface area contributed by atoms with Gasteiger partial charge in [-0.15, -0.1) is 0 Å². The van der Waals surface area contributed by atoms with Crippen molar-refractivity contribution in [1.29, 1.82) is 0 Å². The van der Waals surface area contributed by atoms with Gasteiger partial charge in [-0.25, -0.2) is 4.79 Å². The summed E-state index contributed by atoms with van der Waals surface area (Å²) in [5.74, 6) is -2.99. The number of carbonyl (C=O) groups is 3. The van der Waals surface area contributed by atoms with E-state index < -0.39 is 36.9 Å². The third-order valence-corrected chi connectivity index (χ3v) is 2.55. The van der Waals surface area contributed by atoms with Crippen molar-refractivity contribution in [3.05, 3.63) is 29.3 Å². The second kappa shape index (κ2) is 6.92. The number of hydrogen-bond donors (Lipinski definition) is 3. The number of benzene rings is 1.